The van der Waals surface area contributed by atoms with Crippen LogP contribution in [0.1, 0.15) is 106 Å². The third-order valence-corrected chi connectivity index (χ3v) is 12.7. The third-order valence-electron chi connectivity index (χ3n) is 12.7. The predicted octanol–water partition coefficient (Wildman–Crippen LogP) is 7.06. The number of rotatable bonds is 1. The molecule has 32 heavy (non-hydrogen) atoms. The summed E-state index contributed by atoms with van der Waals surface area (Å²) in [6.45, 7) is 17.6. The average molecular weight is 441 g/mol. The zero-order chi connectivity index (χ0) is 23.4. The zero-order valence-electron chi connectivity index (χ0n) is 21.9. The molecule has 0 amide bonds. The minimum absolute atomic E-state index is 0.000731. The van der Waals surface area contributed by atoms with E-state index in [1.807, 2.05) is 0 Å². The van der Waals surface area contributed by atoms with Crippen LogP contribution < -0.4 is 0 Å². The van der Waals surface area contributed by atoms with Gasteiger partial charge in [0, 0.05) is 6.61 Å². The molecule has 0 aliphatic heterocycles. The SMILES string of the molecule is CC1(C)[C@@H](O)CC[C@]2(C)[C@H]3C=CC4=C5C[C@](C)(CO)CC[C@]5(C)CC[C@@]4(C)[C@]3(C)CC[C@@H]12. The Labute approximate surface area is 197 Å². The summed E-state index contributed by atoms with van der Waals surface area (Å²) in [4.78, 5) is 0. The summed E-state index contributed by atoms with van der Waals surface area (Å²) < 4.78 is 0. The van der Waals surface area contributed by atoms with Crippen LogP contribution in [0.4, 0.5) is 0 Å². The van der Waals surface area contributed by atoms with Gasteiger partial charge in [-0.05, 0) is 108 Å². The number of aliphatic hydroxyl groups excluding tert-OH is 2. The van der Waals surface area contributed by atoms with Gasteiger partial charge in [0.2, 0.25) is 0 Å². The lowest BCUT2D eigenvalue weighted by Gasteiger charge is -2.69. The normalized spacial score (nSPS) is 54.3. The number of hydrogen-bond donors (Lipinski definition) is 2. The average Bonchev–Trinajstić information content (AvgIpc) is 2.73. The Bertz CT molecular complexity index is 868. The first-order valence-corrected chi connectivity index (χ1v) is 13.5. The van der Waals surface area contributed by atoms with Gasteiger partial charge < -0.3 is 10.2 Å². The van der Waals surface area contributed by atoms with Gasteiger partial charge in [-0.3, -0.25) is 0 Å². The molecule has 0 aromatic heterocycles. The van der Waals surface area contributed by atoms with Crippen LogP contribution in [0.5, 0.6) is 0 Å². The van der Waals surface area contributed by atoms with Crippen molar-refractivity contribution < 1.29 is 10.2 Å². The Morgan fingerprint density at radius 1 is 0.875 bits per heavy atom. The molecule has 5 aliphatic carbocycles. The summed E-state index contributed by atoms with van der Waals surface area (Å²) >= 11 is 0. The van der Waals surface area contributed by atoms with Crippen molar-refractivity contribution in [3.8, 4) is 0 Å². The lowest BCUT2D eigenvalue weighted by molar-refractivity contribution is -0.182. The molecule has 0 aromatic carbocycles. The van der Waals surface area contributed by atoms with E-state index in [2.05, 4.69) is 60.6 Å². The van der Waals surface area contributed by atoms with E-state index in [-0.39, 0.29) is 33.2 Å². The summed E-state index contributed by atoms with van der Waals surface area (Å²) in [5.41, 5.74) is 4.41. The van der Waals surface area contributed by atoms with Crippen LogP contribution in [0.3, 0.4) is 0 Å². The van der Waals surface area contributed by atoms with Crippen molar-refractivity contribution in [3.63, 3.8) is 0 Å². The monoisotopic (exact) mass is 440 g/mol. The topological polar surface area (TPSA) is 40.5 Å². The molecule has 5 rings (SSSR count). The largest absolute Gasteiger partial charge is 0.396 e. The molecule has 0 heterocycles. The van der Waals surface area contributed by atoms with Crippen LogP contribution in [0.25, 0.3) is 0 Å². The van der Waals surface area contributed by atoms with Gasteiger partial charge >= 0.3 is 0 Å². The Morgan fingerprint density at radius 2 is 1.56 bits per heavy atom. The van der Waals surface area contributed by atoms with Gasteiger partial charge in [-0.15, -0.1) is 0 Å². The van der Waals surface area contributed by atoms with E-state index in [1.54, 1.807) is 11.1 Å². The molecule has 0 saturated heterocycles. The highest BCUT2D eigenvalue weighted by atomic mass is 16.3. The molecule has 8 atom stereocenters. The van der Waals surface area contributed by atoms with Gasteiger partial charge in [0.25, 0.3) is 0 Å². The van der Waals surface area contributed by atoms with Crippen molar-refractivity contribution in [3.05, 3.63) is 23.3 Å². The molecule has 0 aromatic rings. The first-order chi connectivity index (χ1) is 14.8. The molecule has 3 fully saturated rings. The molecule has 2 heteroatoms. The Balaban J connectivity index is 1.64. The van der Waals surface area contributed by atoms with E-state index in [0.29, 0.717) is 23.9 Å². The lowest BCUT2D eigenvalue weighted by Crippen LogP contribution is -2.63. The molecule has 180 valence electrons. The van der Waals surface area contributed by atoms with Crippen LogP contribution >= 0.6 is 0 Å². The van der Waals surface area contributed by atoms with Crippen LogP contribution in [-0.2, 0) is 0 Å². The Morgan fingerprint density at radius 3 is 2.25 bits per heavy atom. The second-order valence-corrected chi connectivity index (χ2v) is 14.7. The Kier molecular flexibility index (Phi) is 4.88. The van der Waals surface area contributed by atoms with Crippen LogP contribution in [-0.4, -0.2) is 22.9 Å². The zero-order valence-corrected chi connectivity index (χ0v) is 21.9. The molecule has 5 aliphatic rings. The van der Waals surface area contributed by atoms with Crippen molar-refractivity contribution in [2.45, 2.75) is 112 Å². The van der Waals surface area contributed by atoms with Crippen molar-refractivity contribution >= 4 is 0 Å². The highest BCUT2D eigenvalue weighted by Gasteiger charge is 2.66. The summed E-state index contributed by atoms with van der Waals surface area (Å²) in [5, 5.41) is 21.1. The van der Waals surface area contributed by atoms with Crippen LogP contribution in [0, 0.1) is 44.3 Å². The maximum atomic E-state index is 10.9. The first-order valence-electron chi connectivity index (χ1n) is 13.5. The van der Waals surface area contributed by atoms with Crippen LogP contribution in [0.2, 0.25) is 0 Å². The fourth-order valence-electron chi connectivity index (χ4n) is 9.88. The van der Waals surface area contributed by atoms with Crippen LogP contribution in [0.15, 0.2) is 23.3 Å². The van der Waals surface area contributed by atoms with E-state index >= 15 is 0 Å². The molecule has 0 unspecified atom stereocenters. The Hall–Kier alpha value is -0.600. The summed E-state index contributed by atoms with van der Waals surface area (Å²) in [6.07, 6.45) is 15.6. The van der Waals surface area contributed by atoms with Gasteiger partial charge in [0.1, 0.15) is 0 Å². The van der Waals surface area contributed by atoms with Crippen molar-refractivity contribution in [2.24, 2.45) is 44.3 Å². The fourth-order valence-corrected chi connectivity index (χ4v) is 9.88. The molecule has 3 saturated carbocycles. The summed E-state index contributed by atoms with van der Waals surface area (Å²) in [5.74, 6) is 1.16. The van der Waals surface area contributed by atoms with Gasteiger partial charge in [-0.25, -0.2) is 0 Å². The molecule has 0 spiro atoms. The minimum atomic E-state index is -0.167. The molecule has 0 radical (unpaired) electrons. The maximum absolute atomic E-state index is 10.9. The van der Waals surface area contributed by atoms with Gasteiger partial charge in [0.05, 0.1) is 6.10 Å². The number of hydrogen-bond acceptors (Lipinski definition) is 2. The number of fused-ring (bicyclic) bond motifs is 6. The summed E-state index contributed by atoms with van der Waals surface area (Å²) in [7, 11) is 0. The second kappa shape index (κ2) is 6.75. The standard InChI is InChI=1S/C30H48O2/c1-25(2)22-10-13-30(7)23(28(22,5)12-11-24(25)32)9-8-20-21-18-26(3,19-31)14-15-27(21,4)16-17-29(20,30)6/h8-9,22-24,31-32H,10-19H2,1-7H3/t22-,23+,24-,26+,27+,28-,29+,30+/m0/s1. The second-order valence-electron chi connectivity index (χ2n) is 14.7. The number of allylic oxidation sites excluding steroid dienone is 4. The fraction of sp³-hybridized carbons (Fsp3) is 0.867. The van der Waals surface area contributed by atoms with E-state index in [0.717, 1.165) is 25.7 Å². The van der Waals surface area contributed by atoms with E-state index < -0.39 is 0 Å². The summed E-state index contributed by atoms with van der Waals surface area (Å²) in [6, 6.07) is 0. The van der Waals surface area contributed by atoms with E-state index in [4.69, 9.17) is 0 Å². The number of aliphatic hydroxyl groups is 2. The smallest absolute Gasteiger partial charge is 0.0594 e. The van der Waals surface area contributed by atoms with E-state index in [1.165, 1.54) is 32.1 Å². The quantitative estimate of drug-likeness (QED) is 0.458. The highest BCUT2D eigenvalue weighted by molar-refractivity contribution is 5.45. The van der Waals surface area contributed by atoms with Gasteiger partial charge in [-0.1, -0.05) is 66.2 Å². The van der Waals surface area contributed by atoms with Crippen molar-refractivity contribution in [2.75, 3.05) is 6.61 Å². The van der Waals surface area contributed by atoms with E-state index in [9.17, 15) is 10.2 Å². The molecular formula is C30H48O2. The molecule has 0 bridgehead atoms. The van der Waals surface area contributed by atoms with Gasteiger partial charge in [-0.2, -0.15) is 0 Å². The lowest BCUT2D eigenvalue weighted by atomic mass is 9.35. The van der Waals surface area contributed by atoms with Crippen molar-refractivity contribution in [1.29, 1.82) is 0 Å². The predicted molar refractivity (Wildman–Crippen MR) is 132 cm³/mol. The third kappa shape index (κ3) is 2.72. The molecular weight excluding hydrogens is 392 g/mol. The first kappa shape index (κ1) is 23.2. The van der Waals surface area contributed by atoms with Crippen molar-refractivity contribution in [1.82, 2.24) is 0 Å². The highest BCUT2D eigenvalue weighted by Crippen LogP contribution is 2.74. The maximum Gasteiger partial charge on any atom is 0.0594 e. The minimum Gasteiger partial charge on any atom is -0.396 e. The van der Waals surface area contributed by atoms with Gasteiger partial charge in [0.15, 0.2) is 0 Å². The molecule has 2 N–H and O–H groups in total. The molecule has 2 nitrogen and oxygen atoms in total.